The van der Waals surface area contributed by atoms with Gasteiger partial charge in [0.1, 0.15) is 5.75 Å². The summed E-state index contributed by atoms with van der Waals surface area (Å²) in [5, 5.41) is 2.78. The number of sulfonamides is 1. The molecule has 7 heteroatoms. The van der Waals surface area contributed by atoms with Crippen molar-refractivity contribution in [3.05, 3.63) is 53.6 Å². The van der Waals surface area contributed by atoms with Gasteiger partial charge in [-0.1, -0.05) is 12.1 Å². The summed E-state index contributed by atoms with van der Waals surface area (Å²) in [4.78, 5) is 12.3. The van der Waals surface area contributed by atoms with Crippen LogP contribution in [-0.4, -0.2) is 33.7 Å². The van der Waals surface area contributed by atoms with Gasteiger partial charge in [0.25, 0.3) is 0 Å². The number of carbonyl (C=O) groups is 1. The van der Waals surface area contributed by atoms with Crippen LogP contribution in [0.1, 0.15) is 24.5 Å². The van der Waals surface area contributed by atoms with Crippen LogP contribution in [0.2, 0.25) is 0 Å². The Hall–Kier alpha value is -2.54. The fraction of sp³-hybridized carbons (Fsp3) is 0.350. The summed E-state index contributed by atoms with van der Waals surface area (Å²) < 4.78 is 31.1. The van der Waals surface area contributed by atoms with Crippen molar-refractivity contribution in [1.29, 1.82) is 0 Å². The fourth-order valence-electron chi connectivity index (χ4n) is 2.70. The van der Waals surface area contributed by atoms with Crippen molar-refractivity contribution in [2.75, 3.05) is 29.0 Å². The highest BCUT2D eigenvalue weighted by molar-refractivity contribution is 7.92. The molecule has 0 saturated carbocycles. The van der Waals surface area contributed by atoms with Gasteiger partial charge in [0.05, 0.1) is 18.6 Å². The molecule has 2 aromatic carbocycles. The van der Waals surface area contributed by atoms with Crippen LogP contribution in [0, 0.1) is 13.8 Å². The maximum atomic E-state index is 12.3. The first-order valence-corrected chi connectivity index (χ1v) is 10.6. The molecule has 0 atom stereocenters. The van der Waals surface area contributed by atoms with Crippen molar-refractivity contribution < 1.29 is 17.9 Å². The summed E-state index contributed by atoms with van der Waals surface area (Å²) in [6.07, 6.45) is 1.20. The van der Waals surface area contributed by atoms with Crippen molar-refractivity contribution in [2.45, 2.75) is 27.2 Å². The molecule has 0 aliphatic carbocycles. The topological polar surface area (TPSA) is 75.7 Å². The summed E-state index contributed by atoms with van der Waals surface area (Å²) in [6.45, 7) is 6.36. The average molecular weight is 391 g/mol. The maximum Gasteiger partial charge on any atom is 0.232 e. The number of nitrogens with one attached hydrogen (secondary N) is 1. The van der Waals surface area contributed by atoms with Crippen molar-refractivity contribution in [3.8, 4) is 5.75 Å². The Morgan fingerprint density at radius 3 is 2.37 bits per heavy atom. The number of ether oxygens (including phenoxy) is 1. The third kappa shape index (κ3) is 5.72. The van der Waals surface area contributed by atoms with Gasteiger partial charge < -0.3 is 10.1 Å². The van der Waals surface area contributed by atoms with Crippen molar-refractivity contribution in [3.63, 3.8) is 0 Å². The van der Waals surface area contributed by atoms with Crippen LogP contribution in [0.3, 0.4) is 0 Å². The predicted molar refractivity (Wildman–Crippen MR) is 109 cm³/mol. The molecule has 2 rings (SSSR count). The molecular formula is C20H26N2O4S. The van der Waals surface area contributed by atoms with Crippen LogP contribution in [0.5, 0.6) is 5.75 Å². The quantitative estimate of drug-likeness (QED) is 0.749. The molecule has 0 fully saturated rings. The van der Waals surface area contributed by atoms with E-state index in [9.17, 15) is 13.2 Å². The van der Waals surface area contributed by atoms with Crippen LogP contribution in [-0.2, 0) is 14.8 Å². The number of benzene rings is 2. The zero-order valence-electron chi connectivity index (χ0n) is 16.2. The summed E-state index contributed by atoms with van der Waals surface area (Å²) in [7, 11) is -3.50. The second kappa shape index (κ2) is 8.90. The number of hydrogen-bond acceptors (Lipinski definition) is 4. The van der Waals surface area contributed by atoms with Crippen LogP contribution in [0.25, 0.3) is 0 Å². The standard InChI is InChI=1S/C20H26N2O4S/c1-5-26-18-11-9-17(10-12-18)21-20(23)13-14-22(27(4,24)25)19-8-6-7-15(2)16(19)3/h6-12H,5,13-14H2,1-4H3,(H,21,23). The minimum atomic E-state index is -3.50. The second-order valence-electron chi connectivity index (χ2n) is 6.31. The van der Waals surface area contributed by atoms with Gasteiger partial charge in [0, 0.05) is 18.7 Å². The first-order valence-electron chi connectivity index (χ1n) is 8.79. The Balaban J connectivity index is 2.06. The molecule has 0 spiro atoms. The molecule has 0 unspecified atom stereocenters. The van der Waals surface area contributed by atoms with Gasteiger partial charge in [-0.15, -0.1) is 0 Å². The SMILES string of the molecule is CCOc1ccc(NC(=O)CCN(c2cccc(C)c2C)S(C)(=O)=O)cc1. The fourth-order valence-corrected chi connectivity index (χ4v) is 3.68. The molecule has 0 bridgehead atoms. The molecule has 0 heterocycles. The minimum Gasteiger partial charge on any atom is -0.494 e. The van der Waals surface area contributed by atoms with Crippen LogP contribution >= 0.6 is 0 Å². The summed E-state index contributed by atoms with van der Waals surface area (Å²) in [5.74, 6) is 0.479. The number of hydrogen-bond donors (Lipinski definition) is 1. The zero-order chi connectivity index (χ0) is 20.0. The van der Waals surface area contributed by atoms with E-state index in [4.69, 9.17) is 4.74 Å². The predicted octanol–water partition coefficient (Wildman–Crippen LogP) is 3.50. The average Bonchev–Trinajstić information content (AvgIpc) is 2.59. The third-order valence-corrected chi connectivity index (χ3v) is 5.42. The number of aryl methyl sites for hydroxylation is 1. The molecule has 0 saturated heterocycles. The number of rotatable bonds is 8. The Morgan fingerprint density at radius 1 is 1.11 bits per heavy atom. The molecule has 0 aliphatic heterocycles. The molecule has 0 aromatic heterocycles. The van der Waals surface area contributed by atoms with E-state index in [1.807, 2.05) is 32.9 Å². The highest BCUT2D eigenvalue weighted by Crippen LogP contribution is 2.25. The highest BCUT2D eigenvalue weighted by Gasteiger charge is 2.20. The lowest BCUT2D eigenvalue weighted by molar-refractivity contribution is -0.116. The van der Waals surface area contributed by atoms with E-state index in [-0.39, 0.29) is 18.9 Å². The third-order valence-electron chi connectivity index (χ3n) is 4.24. The zero-order valence-corrected chi connectivity index (χ0v) is 17.0. The Kier molecular flexibility index (Phi) is 6.85. The van der Waals surface area contributed by atoms with E-state index in [2.05, 4.69) is 5.32 Å². The minimum absolute atomic E-state index is 0.0493. The normalized spacial score (nSPS) is 11.1. The summed E-state index contributed by atoms with van der Waals surface area (Å²) in [5.41, 5.74) is 3.13. The molecule has 1 amide bonds. The van der Waals surface area contributed by atoms with Gasteiger partial charge in [-0.3, -0.25) is 9.10 Å². The van der Waals surface area contributed by atoms with E-state index >= 15 is 0 Å². The van der Waals surface area contributed by atoms with Gasteiger partial charge in [-0.2, -0.15) is 0 Å². The molecule has 146 valence electrons. The summed E-state index contributed by atoms with van der Waals surface area (Å²) >= 11 is 0. The lowest BCUT2D eigenvalue weighted by atomic mass is 10.1. The Morgan fingerprint density at radius 2 is 1.78 bits per heavy atom. The van der Waals surface area contributed by atoms with Gasteiger partial charge in [-0.05, 0) is 62.2 Å². The number of anilines is 2. The van der Waals surface area contributed by atoms with Crippen LogP contribution in [0.4, 0.5) is 11.4 Å². The molecule has 0 aliphatic rings. The van der Waals surface area contributed by atoms with Gasteiger partial charge >= 0.3 is 0 Å². The van der Waals surface area contributed by atoms with E-state index in [1.165, 1.54) is 4.31 Å². The number of amides is 1. The van der Waals surface area contributed by atoms with E-state index in [0.29, 0.717) is 18.0 Å². The molecule has 1 N–H and O–H groups in total. The number of carbonyl (C=O) groups excluding carboxylic acids is 1. The molecule has 27 heavy (non-hydrogen) atoms. The first kappa shape index (κ1) is 20.8. The Labute approximate surface area is 161 Å². The maximum absolute atomic E-state index is 12.3. The highest BCUT2D eigenvalue weighted by atomic mass is 32.2. The first-order chi connectivity index (χ1) is 12.7. The van der Waals surface area contributed by atoms with Crippen LogP contribution in [0.15, 0.2) is 42.5 Å². The molecular weight excluding hydrogens is 364 g/mol. The van der Waals surface area contributed by atoms with E-state index in [0.717, 1.165) is 23.1 Å². The summed E-state index contributed by atoms with van der Waals surface area (Å²) in [6, 6.07) is 12.6. The van der Waals surface area contributed by atoms with Gasteiger partial charge in [0.2, 0.25) is 15.9 Å². The van der Waals surface area contributed by atoms with Crippen molar-refractivity contribution in [2.24, 2.45) is 0 Å². The lowest BCUT2D eigenvalue weighted by Crippen LogP contribution is -2.33. The van der Waals surface area contributed by atoms with E-state index in [1.54, 1.807) is 30.3 Å². The molecule has 2 aromatic rings. The van der Waals surface area contributed by atoms with Gasteiger partial charge in [0.15, 0.2) is 0 Å². The van der Waals surface area contributed by atoms with E-state index < -0.39 is 10.0 Å². The lowest BCUT2D eigenvalue weighted by Gasteiger charge is -2.24. The largest absolute Gasteiger partial charge is 0.494 e. The van der Waals surface area contributed by atoms with Crippen molar-refractivity contribution >= 4 is 27.3 Å². The second-order valence-corrected chi connectivity index (χ2v) is 8.22. The van der Waals surface area contributed by atoms with Crippen molar-refractivity contribution in [1.82, 2.24) is 0 Å². The van der Waals surface area contributed by atoms with Gasteiger partial charge in [-0.25, -0.2) is 8.42 Å². The van der Waals surface area contributed by atoms with Crippen LogP contribution < -0.4 is 14.4 Å². The Bertz CT molecular complexity index is 893. The number of nitrogens with zero attached hydrogens (tertiary/aromatic N) is 1. The smallest absolute Gasteiger partial charge is 0.232 e. The monoisotopic (exact) mass is 390 g/mol. The molecule has 0 radical (unpaired) electrons. The molecule has 6 nitrogen and oxygen atoms in total.